The number of hydrogen-bond acceptors (Lipinski definition) is 7. The first kappa shape index (κ1) is 22.9. The Morgan fingerprint density at radius 2 is 1.91 bits per heavy atom. The molecule has 0 radical (unpaired) electrons. The van der Waals surface area contributed by atoms with E-state index in [0.29, 0.717) is 25.2 Å². The lowest BCUT2D eigenvalue weighted by Gasteiger charge is -2.31. The molecule has 1 saturated heterocycles. The number of sulfonamides is 1. The van der Waals surface area contributed by atoms with Gasteiger partial charge in [-0.25, -0.2) is 8.42 Å². The van der Waals surface area contributed by atoms with Crippen molar-refractivity contribution in [3.8, 4) is 17.1 Å². The number of methoxy groups -OCH3 is 1. The van der Waals surface area contributed by atoms with Gasteiger partial charge in [-0.05, 0) is 56.2 Å². The fourth-order valence-corrected chi connectivity index (χ4v) is 5.25. The molecule has 1 aliphatic heterocycles. The summed E-state index contributed by atoms with van der Waals surface area (Å²) in [5, 5.41) is 6.74. The van der Waals surface area contributed by atoms with Gasteiger partial charge >= 0.3 is 0 Å². The third kappa shape index (κ3) is 5.23. The predicted octanol–water partition coefficient (Wildman–Crippen LogP) is 2.77. The number of carbonyl (C=O) groups is 1. The minimum absolute atomic E-state index is 0.0726. The van der Waals surface area contributed by atoms with Crippen LogP contribution in [0.1, 0.15) is 24.3 Å². The van der Waals surface area contributed by atoms with Crippen molar-refractivity contribution in [3.63, 3.8) is 0 Å². The Kier molecular flexibility index (Phi) is 6.75. The molecule has 4 rings (SSSR count). The molecule has 0 spiro atoms. The number of aromatic nitrogens is 2. The Morgan fingerprint density at radius 1 is 1.18 bits per heavy atom. The molecule has 0 aliphatic carbocycles. The van der Waals surface area contributed by atoms with E-state index in [1.807, 2.05) is 19.1 Å². The van der Waals surface area contributed by atoms with Crippen molar-refractivity contribution in [1.82, 2.24) is 19.8 Å². The quantitative estimate of drug-likeness (QED) is 0.565. The molecule has 1 aromatic heterocycles. The zero-order valence-corrected chi connectivity index (χ0v) is 19.3. The standard InChI is InChI=1S/C23H26N4O5S/c1-16-5-11-20(12-6-16)33(29,30)27-13-3-4-18(15-27)23(28)24-14-21-25-22(26-32-21)17-7-9-19(31-2)10-8-17/h5-12,18H,3-4,13-15H2,1-2H3,(H,24,28). The summed E-state index contributed by atoms with van der Waals surface area (Å²) < 4.78 is 37.7. The number of rotatable bonds is 7. The molecule has 1 atom stereocenters. The van der Waals surface area contributed by atoms with E-state index in [0.717, 1.165) is 16.9 Å². The van der Waals surface area contributed by atoms with Crippen molar-refractivity contribution < 1.29 is 22.5 Å². The molecule has 174 valence electrons. The Labute approximate surface area is 192 Å². The van der Waals surface area contributed by atoms with Crippen LogP contribution in [0.15, 0.2) is 57.9 Å². The van der Waals surface area contributed by atoms with Gasteiger partial charge in [0.05, 0.1) is 24.5 Å². The van der Waals surface area contributed by atoms with E-state index in [2.05, 4.69) is 15.5 Å². The van der Waals surface area contributed by atoms with Crippen LogP contribution in [0, 0.1) is 12.8 Å². The van der Waals surface area contributed by atoms with Crippen LogP contribution in [0.4, 0.5) is 0 Å². The molecule has 1 fully saturated rings. The lowest BCUT2D eigenvalue weighted by Crippen LogP contribution is -2.45. The van der Waals surface area contributed by atoms with Crippen LogP contribution in [-0.2, 0) is 21.4 Å². The average Bonchev–Trinajstić information content (AvgIpc) is 3.32. The van der Waals surface area contributed by atoms with Crippen molar-refractivity contribution in [2.75, 3.05) is 20.2 Å². The molecule has 2 heterocycles. The predicted molar refractivity (Wildman–Crippen MR) is 121 cm³/mol. The van der Waals surface area contributed by atoms with Crippen LogP contribution in [0.5, 0.6) is 5.75 Å². The fourth-order valence-electron chi connectivity index (χ4n) is 3.73. The topological polar surface area (TPSA) is 115 Å². The average molecular weight is 471 g/mol. The highest BCUT2D eigenvalue weighted by Crippen LogP contribution is 2.24. The van der Waals surface area contributed by atoms with Crippen molar-refractivity contribution in [1.29, 1.82) is 0 Å². The molecule has 0 saturated carbocycles. The molecule has 2 aromatic carbocycles. The van der Waals surface area contributed by atoms with Gasteiger partial charge < -0.3 is 14.6 Å². The lowest BCUT2D eigenvalue weighted by molar-refractivity contribution is -0.126. The van der Waals surface area contributed by atoms with Gasteiger partial charge in [0.25, 0.3) is 0 Å². The molecule has 0 bridgehead atoms. The number of nitrogens with zero attached hydrogens (tertiary/aromatic N) is 3. The minimum atomic E-state index is -3.64. The Balaban J connectivity index is 1.36. The van der Waals surface area contributed by atoms with E-state index < -0.39 is 15.9 Å². The summed E-state index contributed by atoms with van der Waals surface area (Å²) in [7, 11) is -2.05. The van der Waals surface area contributed by atoms with E-state index in [1.54, 1.807) is 43.5 Å². The Bertz CT molecular complexity index is 1210. The summed E-state index contributed by atoms with van der Waals surface area (Å²) in [5.74, 6) is 0.732. The summed E-state index contributed by atoms with van der Waals surface area (Å²) in [4.78, 5) is 17.3. The molecular formula is C23H26N4O5S. The summed E-state index contributed by atoms with van der Waals surface area (Å²) in [6.07, 6.45) is 1.23. The van der Waals surface area contributed by atoms with Gasteiger partial charge in [-0.2, -0.15) is 9.29 Å². The molecule has 10 heteroatoms. The number of piperidine rings is 1. The van der Waals surface area contributed by atoms with Gasteiger partial charge in [0, 0.05) is 18.7 Å². The number of amides is 1. The number of carbonyl (C=O) groups excluding carboxylic acids is 1. The zero-order chi connectivity index (χ0) is 23.4. The van der Waals surface area contributed by atoms with Crippen LogP contribution >= 0.6 is 0 Å². The molecule has 33 heavy (non-hydrogen) atoms. The zero-order valence-electron chi connectivity index (χ0n) is 18.5. The van der Waals surface area contributed by atoms with Gasteiger partial charge in [0.2, 0.25) is 27.6 Å². The largest absolute Gasteiger partial charge is 0.497 e. The first-order valence-electron chi connectivity index (χ1n) is 10.7. The minimum Gasteiger partial charge on any atom is -0.497 e. The first-order valence-corrected chi connectivity index (χ1v) is 12.1. The maximum atomic E-state index is 13.0. The second kappa shape index (κ2) is 9.72. The van der Waals surface area contributed by atoms with Gasteiger partial charge in [0.15, 0.2) is 0 Å². The highest BCUT2D eigenvalue weighted by molar-refractivity contribution is 7.89. The highest BCUT2D eigenvalue weighted by atomic mass is 32.2. The Morgan fingerprint density at radius 3 is 2.61 bits per heavy atom. The number of ether oxygens (including phenoxy) is 1. The summed E-state index contributed by atoms with van der Waals surface area (Å²) in [5.41, 5.74) is 1.75. The third-order valence-electron chi connectivity index (χ3n) is 5.64. The van der Waals surface area contributed by atoms with Crippen LogP contribution in [-0.4, -0.2) is 49.0 Å². The summed E-state index contributed by atoms with van der Waals surface area (Å²) in [6.45, 7) is 2.52. The lowest BCUT2D eigenvalue weighted by atomic mass is 9.99. The molecule has 1 N–H and O–H groups in total. The maximum absolute atomic E-state index is 13.0. The molecule has 9 nitrogen and oxygen atoms in total. The maximum Gasteiger partial charge on any atom is 0.246 e. The van der Waals surface area contributed by atoms with Crippen molar-refractivity contribution >= 4 is 15.9 Å². The molecule has 3 aromatic rings. The number of aryl methyl sites for hydroxylation is 1. The van der Waals surface area contributed by atoms with Gasteiger partial charge in [-0.15, -0.1) is 0 Å². The Hall–Kier alpha value is -3.24. The van der Waals surface area contributed by atoms with Crippen molar-refractivity contribution in [2.45, 2.75) is 31.2 Å². The van der Waals surface area contributed by atoms with E-state index in [9.17, 15) is 13.2 Å². The van der Waals surface area contributed by atoms with E-state index >= 15 is 0 Å². The summed E-state index contributed by atoms with van der Waals surface area (Å²) in [6, 6.07) is 14.0. The second-order valence-electron chi connectivity index (χ2n) is 7.97. The van der Waals surface area contributed by atoms with Crippen molar-refractivity contribution in [2.24, 2.45) is 5.92 Å². The highest BCUT2D eigenvalue weighted by Gasteiger charge is 2.33. The van der Waals surface area contributed by atoms with E-state index in [1.165, 1.54) is 4.31 Å². The third-order valence-corrected chi connectivity index (χ3v) is 7.52. The monoisotopic (exact) mass is 470 g/mol. The molecule has 1 unspecified atom stereocenters. The molecule has 1 aliphatic rings. The van der Waals surface area contributed by atoms with E-state index in [4.69, 9.17) is 9.26 Å². The van der Waals surface area contributed by atoms with Crippen molar-refractivity contribution in [3.05, 3.63) is 60.0 Å². The first-order chi connectivity index (χ1) is 15.9. The number of nitrogens with one attached hydrogen (secondary N) is 1. The van der Waals surface area contributed by atoms with Gasteiger partial charge in [-0.3, -0.25) is 4.79 Å². The SMILES string of the molecule is COc1ccc(-c2noc(CNC(=O)C3CCCN(S(=O)(=O)c4ccc(C)cc4)C3)n2)cc1. The summed E-state index contributed by atoms with van der Waals surface area (Å²) >= 11 is 0. The number of hydrogen-bond donors (Lipinski definition) is 1. The van der Waals surface area contributed by atoms with Crippen LogP contribution in [0.3, 0.4) is 0 Å². The molecular weight excluding hydrogens is 444 g/mol. The van der Waals surface area contributed by atoms with Crippen LogP contribution in [0.2, 0.25) is 0 Å². The fraction of sp³-hybridized carbons (Fsp3) is 0.348. The normalized spacial score (nSPS) is 17.0. The van der Waals surface area contributed by atoms with Crippen LogP contribution in [0.25, 0.3) is 11.4 Å². The second-order valence-corrected chi connectivity index (χ2v) is 9.91. The van der Waals surface area contributed by atoms with E-state index in [-0.39, 0.29) is 29.8 Å². The number of benzene rings is 2. The van der Waals surface area contributed by atoms with Gasteiger partial charge in [0.1, 0.15) is 5.75 Å². The molecule has 1 amide bonds. The van der Waals surface area contributed by atoms with Crippen LogP contribution < -0.4 is 10.1 Å². The smallest absolute Gasteiger partial charge is 0.246 e. The van der Waals surface area contributed by atoms with Gasteiger partial charge in [-0.1, -0.05) is 22.9 Å².